The van der Waals surface area contributed by atoms with Crippen LogP contribution in [-0.2, 0) is 14.1 Å². The molecule has 0 saturated heterocycles. The molecule has 2 aromatic carbocycles. The van der Waals surface area contributed by atoms with Gasteiger partial charge in [0.05, 0.1) is 10.6 Å². The molecular formula is C16H17N2O3S+. The van der Waals surface area contributed by atoms with Crippen molar-refractivity contribution >= 4 is 27.0 Å². The third-order valence-electron chi connectivity index (χ3n) is 2.84. The van der Waals surface area contributed by atoms with Gasteiger partial charge in [-0.2, -0.15) is 0 Å². The van der Waals surface area contributed by atoms with Crippen LogP contribution < -0.4 is 5.32 Å². The first-order valence-corrected chi connectivity index (χ1v) is 9.02. The number of benzene rings is 2. The van der Waals surface area contributed by atoms with Crippen LogP contribution in [-0.4, -0.2) is 17.4 Å². The highest BCUT2D eigenvalue weighted by Crippen LogP contribution is 2.22. The molecule has 22 heavy (non-hydrogen) atoms. The summed E-state index contributed by atoms with van der Waals surface area (Å²) >= 11 is 0. The van der Waals surface area contributed by atoms with Crippen LogP contribution in [0.25, 0.3) is 5.70 Å². The summed E-state index contributed by atoms with van der Waals surface area (Å²) in [5.74, 6) is 0. The van der Waals surface area contributed by atoms with Crippen LogP contribution in [0.1, 0.15) is 5.56 Å². The Morgan fingerprint density at radius 2 is 1.68 bits per heavy atom. The zero-order chi connectivity index (χ0) is 16.2. The smallest absolute Gasteiger partial charge is 0.269 e. The Balaban J connectivity index is 2.33. The minimum absolute atomic E-state index is 0.0329. The molecule has 114 valence electrons. The summed E-state index contributed by atoms with van der Waals surface area (Å²) in [7, 11) is -2.10. The molecule has 6 heteroatoms. The minimum Gasteiger partial charge on any atom is -0.351 e. The van der Waals surface area contributed by atoms with E-state index in [1.54, 1.807) is 30.1 Å². The van der Waals surface area contributed by atoms with Gasteiger partial charge in [-0.05, 0) is 12.1 Å². The maximum absolute atomic E-state index is 12.1. The van der Waals surface area contributed by atoms with Gasteiger partial charge in [-0.15, -0.1) is 4.21 Å². The van der Waals surface area contributed by atoms with E-state index in [9.17, 15) is 14.3 Å². The Kier molecular flexibility index (Phi) is 4.72. The first kappa shape index (κ1) is 15.9. The second kappa shape index (κ2) is 6.53. The van der Waals surface area contributed by atoms with Crippen molar-refractivity contribution in [2.24, 2.45) is 0 Å². The van der Waals surface area contributed by atoms with Crippen molar-refractivity contribution in [3.8, 4) is 0 Å². The summed E-state index contributed by atoms with van der Waals surface area (Å²) in [5, 5.41) is 15.5. The van der Waals surface area contributed by atoms with Crippen LogP contribution in [0.5, 0.6) is 0 Å². The summed E-state index contributed by atoms with van der Waals surface area (Å²) in [6.45, 7) is 0. The van der Waals surface area contributed by atoms with Crippen LogP contribution in [0.15, 0.2) is 60.0 Å². The van der Waals surface area contributed by atoms with Crippen molar-refractivity contribution in [3.05, 3.63) is 75.7 Å². The van der Waals surface area contributed by atoms with Crippen molar-refractivity contribution in [2.45, 2.75) is 0 Å². The summed E-state index contributed by atoms with van der Waals surface area (Å²) < 4.78 is 12.1. The third kappa shape index (κ3) is 4.53. The molecule has 0 bridgehead atoms. The summed E-state index contributed by atoms with van der Waals surface area (Å²) in [6, 6.07) is 15.6. The van der Waals surface area contributed by atoms with Crippen LogP contribution in [0.2, 0.25) is 0 Å². The van der Waals surface area contributed by atoms with Crippen molar-refractivity contribution < 1.29 is 9.13 Å². The monoisotopic (exact) mass is 317 g/mol. The molecule has 0 unspecified atom stereocenters. The average molecular weight is 317 g/mol. The minimum atomic E-state index is -2.10. The van der Waals surface area contributed by atoms with Crippen LogP contribution in [0, 0.1) is 10.1 Å². The number of hydrogen-bond donors (Lipinski definition) is 1. The fourth-order valence-electron chi connectivity index (χ4n) is 1.89. The number of nitrogens with one attached hydrogen (secondary N) is 1. The second-order valence-electron chi connectivity index (χ2n) is 5.14. The van der Waals surface area contributed by atoms with E-state index in [-0.39, 0.29) is 5.69 Å². The Morgan fingerprint density at radius 1 is 1.09 bits per heavy atom. The Bertz CT molecular complexity index is 734. The lowest BCUT2D eigenvalue weighted by Crippen LogP contribution is -2.06. The molecule has 5 nitrogen and oxygen atoms in total. The highest BCUT2D eigenvalue weighted by molar-refractivity contribution is 8.04. The van der Waals surface area contributed by atoms with Gasteiger partial charge in [0.2, 0.25) is 0 Å². The molecule has 0 amide bonds. The average Bonchev–Trinajstić information content (AvgIpc) is 2.47. The molecule has 2 rings (SSSR count). The van der Waals surface area contributed by atoms with E-state index in [1.807, 2.05) is 30.3 Å². The number of anilines is 1. The predicted octanol–water partition coefficient (Wildman–Crippen LogP) is 3.76. The van der Waals surface area contributed by atoms with Gasteiger partial charge < -0.3 is 5.32 Å². The number of non-ortho nitro benzene ring substituents is 1. The summed E-state index contributed by atoms with van der Waals surface area (Å²) in [4.78, 5) is 10.2. The third-order valence-corrected chi connectivity index (χ3v) is 3.65. The number of hydrogen-bond acceptors (Lipinski definition) is 4. The van der Waals surface area contributed by atoms with E-state index in [0.717, 1.165) is 5.56 Å². The second-order valence-corrected chi connectivity index (χ2v) is 7.99. The van der Waals surface area contributed by atoms with Crippen LogP contribution >= 0.6 is 0 Å². The van der Waals surface area contributed by atoms with Crippen LogP contribution in [0.3, 0.4) is 0 Å². The maximum atomic E-state index is 12.1. The Morgan fingerprint density at radius 3 is 2.18 bits per heavy atom. The molecule has 0 aliphatic rings. The van der Waals surface area contributed by atoms with Crippen molar-refractivity contribution in [1.29, 1.82) is 0 Å². The fraction of sp³-hybridized carbons (Fsp3) is 0.125. The fourth-order valence-corrected chi connectivity index (χ4v) is 2.66. The van der Waals surface area contributed by atoms with Gasteiger partial charge >= 0.3 is 0 Å². The topological polar surface area (TPSA) is 72.2 Å². The lowest BCUT2D eigenvalue weighted by molar-refractivity contribution is -0.384. The molecule has 0 fully saturated rings. The normalized spacial score (nSPS) is 12.0. The van der Waals surface area contributed by atoms with Gasteiger partial charge in [-0.3, -0.25) is 10.1 Å². The zero-order valence-electron chi connectivity index (χ0n) is 12.4. The molecular weight excluding hydrogens is 300 g/mol. The van der Waals surface area contributed by atoms with E-state index in [4.69, 9.17) is 0 Å². The van der Waals surface area contributed by atoms with Crippen molar-refractivity contribution in [2.75, 3.05) is 17.8 Å². The van der Waals surface area contributed by atoms with Gasteiger partial charge in [-0.1, -0.05) is 30.3 Å². The summed E-state index contributed by atoms with van der Waals surface area (Å²) in [5.41, 5.74) is 2.34. The molecule has 0 radical (unpaired) electrons. The largest absolute Gasteiger partial charge is 0.351 e. The number of nitro groups is 1. The number of nitro benzene ring substituents is 1. The highest BCUT2D eigenvalue weighted by atomic mass is 32.2. The van der Waals surface area contributed by atoms with Crippen molar-refractivity contribution in [3.63, 3.8) is 0 Å². The van der Waals surface area contributed by atoms with E-state index in [2.05, 4.69) is 5.32 Å². The van der Waals surface area contributed by atoms with Gasteiger partial charge in [0.1, 0.15) is 27.9 Å². The Hall–Kier alpha value is -2.47. The first-order chi connectivity index (χ1) is 10.3. The molecule has 0 spiro atoms. The lowest BCUT2D eigenvalue weighted by atomic mass is 10.1. The van der Waals surface area contributed by atoms with E-state index >= 15 is 0 Å². The molecule has 1 N–H and O–H groups in total. The molecule has 0 aliphatic heterocycles. The van der Waals surface area contributed by atoms with Crippen molar-refractivity contribution in [1.82, 2.24) is 0 Å². The maximum Gasteiger partial charge on any atom is 0.269 e. The van der Waals surface area contributed by atoms with E-state index in [1.165, 1.54) is 12.1 Å². The van der Waals surface area contributed by atoms with E-state index < -0.39 is 14.9 Å². The molecule has 0 aliphatic carbocycles. The number of nitrogens with zero attached hydrogens (tertiary/aromatic N) is 1. The predicted molar refractivity (Wildman–Crippen MR) is 91.0 cm³/mol. The molecule has 0 saturated carbocycles. The van der Waals surface area contributed by atoms with Gasteiger partial charge in [0.15, 0.2) is 0 Å². The lowest BCUT2D eigenvalue weighted by Gasteiger charge is -2.10. The zero-order valence-corrected chi connectivity index (χ0v) is 13.2. The SMILES string of the molecule is C[S+](C)(=O)/C=C(\Nc1ccc([N+](=O)[O-])cc1)c1ccccc1. The molecule has 0 atom stereocenters. The van der Waals surface area contributed by atoms with Crippen LogP contribution in [0.4, 0.5) is 11.4 Å². The van der Waals surface area contributed by atoms with Gasteiger partial charge in [0, 0.05) is 23.4 Å². The first-order valence-electron chi connectivity index (χ1n) is 6.58. The van der Waals surface area contributed by atoms with Gasteiger partial charge in [-0.25, -0.2) is 0 Å². The molecule has 0 heterocycles. The quantitative estimate of drug-likeness (QED) is 0.517. The van der Waals surface area contributed by atoms with E-state index in [0.29, 0.717) is 11.4 Å². The molecule has 2 aromatic rings. The standard InChI is InChI=1S/C16H17N2O3S/c1-22(2,21)12-16(13-6-4-3-5-7-13)17-14-8-10-15(11-9-14)18(19)20/h3-12,17H,1-2H3/q+1/b16-12-. The summed E-state index contributed by atoms with van der Waals surface area (Å²) in [6.07, 6.45) is 3.32. The van der Waals surface area contributed by atoms with Gasteiger partial charge in [0.25, 0.3) is 5.69 Å². The Labute approximate surface area is 130 Å². The highest BCUT2D eigenvalue weighted by Gasteiger charge is 2.14. The molecule has 0 aromatic heterocycles. The number of rotatable bonds is 5.